The molecule has 362 valence electrons. The summed E-state index contributed by atoms with van der Waals surface area (Å²) >= 11 is 0. The van der Waals surface area contributed by atoms with Crippen LogP contribution in [-0.2, 0) is 23.7 Å². The number of unbranched alkanes of at least 4 members (excludes halogenated alkanes) is 19. The number of amides is 1. The highest BCUT2D eigenvalue weighted by atomic mass is 16.7. The highest BCUT2D eigenvalue weighted by Crippen LogP contribution is 2.30. The van der Waals surface area contributed by atoms with Crippen LogP contribution in [0.5, 0.6) is 0 Å². The van der Waals surface area contributed by atoms with Gasteiger partial charge in [0.15, 0.2) is 12.6 Å². The van der Waals surface area contributed by atoms with Gasteiger partial charge < -0.3 is 65.1 Å². The van der Waals surface area contributed by atoms with Crippen LogP contribution < -0.4 is 5.32 Å². The van der Waals surface area contributed by atoms with Crippen molar-refractivity contribution in [3.8, 4) is 0 Å². The molecular formula is C48H87NO13. The average Bonchev–Trinajstić information content (AvgIpc) is 3.27. The van der Waals surface area contributed by atoms with Gasteiger partial charge in [-0.2, -0.15) is 0 Å². The van der Waals surface area contributed by atoms with Crippen molar-refractivity contribution in [3.05, 3.63) is 36.5 Å². The van der Waals surface area contributed by atoms with Crippen LogP contribution >= 0.6 is 0 Å². The molecule has 14 nitrogen and oxygen atoms in total. The van der Waals surface area contributed by atoms with E-state index in [4.69, 9.17) is 18.9 Å². The molecular weight excluding hydrogens is 799 g/mol. The zero-order valence-electron chi connectivity index (χ0n) is 38.1. The van der Waals surface area contributed by atoms with Crippen molar-refractivity contribution >= 4 is 5.91 Å². The van der Waals surface area contributed by atoms with Crippen LogP contribution in [0.3, 0.4) is 0 Å². The lowest BCUT2D eigenvalue weighted by atomic mass is 9.97. The molecule has 2 fully saturated rings. The first-order chi connectivity index (χ1) is 30.1. The molecule has 62 heavy (non-hydrogen) atoms. The summed E-state index contributed by atoms with van der Waals surface area (Å²) in [4.78, 5) is 13.1. The number of carbonyl (C=O) groups excluding carboxylic acids is 1. The fourth-order valence-corrected chi connectivity index (χ4v) is 7.78. The van der Waals surface area contributed by atoms with Crippen LogP contribution in [0.4, 0.5) is 0 Å². The summed E-state index contributed by atoms with van der Waals surface area (Å²) in [5, 5.41) is 86.2. The molecule has 2 rings (SSSR count). The van der Waals surface area contributed by atoms with Gasteiger partial charge in [0.1, 0.15) is 48.8 Å². The SMILES string of the molecule is CCC/C=C/CC/C=C/C(O)C(COC1OC(CO)C(OC2OC(CO)C(O)C(O)C2O)C(O)C1O)NC(=O)CCCCCCCCCCC/C=C\CCCCCCCCCC. The van der Waals surface area contributed by atoms with Gasteiger partial charge in [-0.05, 0) is 51.4 Å². The molecule has 0 aromatic carbocycles. The minimum absolute atomic E-state index is 0.258. The highest BCUT2D eigenvalue weighted by Gasteiger charge is 2.51. The third kappa shape index (κ3) is 22.9. The lowest BCUT2D eigenvalue weighted by molar-refractivity contribution is -0.359. The van der Waals surface area contributed by atoms with E-state index in [2.05, 4.69) is 43.5 Å². The van der Waals surface area contributed by atoms with E-state index in [1.807, 2.05) is 6.08 Å². The Hall–Kier alpha value is -1.79. The van der Waals surface area contributed by atoms with Crippen LogP contribution in [-0.4, -0.2) is 140 Å². The maximum absolute atomic E-state index is 13.1. The van der Waals surface area contributed by atoms with Gasteiger partial charge in [-0.25, -0.2) is 0 Å². The fraction of sp³-hybridized carbons (Fsp3) is 0.854. The van der Waals surface area contributed by atoms with Gasteiger partial charge in [0.05, 0.1) is 32.0 Å². The van der Waals surface area contributed by atoms with Crippen molar-refractivity contribution in [1.29, 1.82) is 0 Å². The molecule has 2 aliphatic heterocycles. The smallest absolute Gasteiger partial charge is 0.220 e. The summed E-state index contributed by atoms with van der Waals surface area (Å²) in [6, 6.07) is -0.927. The number of ether oxygens (including phenoxy) is 4. The van der Waals surface area contributed by atoms with E-state index in [1.54, 1.807) is 6.08 Å². The van der Waals surface area contributed by atoms with Crippen LogP contribution in [0.2, 0.25) is 0 Å². The van der Waals surface area contributed by atoms with Crippen LogP contribution in [0, 0.1) is 0 Å². The topological polar surface area (TPSA) is 228 Å². The number of aliphatic hydroxyl groups is 8. The number of hydrogen-bond acceptors (Lipinski definition) is 13. The first-order valence-corrected chi connectivity index (χ1v) is 24.2. The normalized spacial score (nSPS) is 28.0. The number of aliphatic hydroxyl groups excluding tert-OH is 8. The van der Waals surface area contributed by atoms with Crippen molar-refractivity contribution in [2.45, 2.75) is 242 Å². The molecule has 12 unspecified atom stereocenters. The summed E-state index contributed by atoms with van der Waals surface area (Å²) in [5.74, 6) is -0.258. The van der Waals surface area contributed by atoms with Crippen LogP contribution in [0.1, 0.15) is 168 Å². The summed E-state index contributed by atoms with van der Waals surface area (Å²) in [6.45, 7) is 2.63. The average molecular weight is 886 g/mol. The molecule has 0 radical (unpaired) electrons. The molecule has 12 atom stereocenters. The number of allylic oxidation sites excluding steroid dienone is 5. The molecule has 14 heteroatoms. The Labute approximate surface area is 372 Å². The summed E-state index contributed by atoms with van der Waals surface area (Å²) in [5.41, 5.74) is 0. The van der Waals surface area contributed by atoms with Crippen molar-refractivity contribution in [2.75, 3.05) is 19.8 Å². The van der Waals surface area contributed by atoms with E-state index in [1.165, 1.54) is 96.3 Å². The first-order valence-electron chi connectivity index (χ1n) is 24.2. The minimum atomic E-state index is -1.79. The predicted molar refractivity (Wildman–Crippen MR) is 240 cm³/mol. The maximum Gasteiger partial charge on any atom is 0.220 e. The zero-order chi connectivity index (χ0) is 45.4. The first kappa shape index (κ1) is 56.3. The van der Waals surface area contributed by atoms with E-state index in [0.717, 1.165) is 38.5 Å². The largest absolute Gasteiger partial charge is 0.394 e. The third-order valence-electron chi connectivity index (χ3n) is 11.8. The summed E-state index contributed by atoms with van der Waals surface area (Å²) in [7, 11) is 0. The molecule has 0 spiro atoms. The molecule has 0 bridgehead atoms. The lowest BCUT2D eigenvalue weighted by Gasteiger charge is -2.46. The monoisotopic (exact) mass is 886 g/mol. The summed E-state index contributed by atoms with van der Waals surface area (Å²) in [6.07, 6.45) is 22.3. The number of nitrogens with one attached hydrogen (secondary N) is 1. The predicted octanol–water partition coefficient (Wildman–Crippen LogP) is 5.54. The number of hydrogen-bond donors (Lipinski definition) is 9. The van der Waals surface area contributed by atoms with Gasteiger partial charge in [-0.1, -0.05) is 147 Å². The van der Waals surface area contributed by atoms with Crippen molar-refractivity contribution in [1.82, 2.24) is 5.32 Å². The Kier molecular flexibility index (Phi) is 32.2. The molecule has 1 amide bonds. The van der Waals surface area contributed by atoms with Crippen LogP contribution in [0.25, 0.3) is 0 Å². The molecule has 2 heterocycles. The Balaban J connectivity index is 1.76. The van der Waals surface area contributed by atoms with Crippen molar-refractivity contribution in [3.63, 3.8) is 0 Å². The van der Waals surface area contributed by atoms with Gasteiger partial charge in [0, 0.05) is 6.42 Å². The maximum atomic E-state index is 13.1. The second kappa shape index (κ2) is 35.5. The lowest BCUT2D eigenvalue weighted by Crippen LogP contribution is -2.65. The van der Waals surface area contributed by atoms with E-state index in [-0.39, 0.29) is 18.9 Å². The second-order valence-corrected chi connectivity index (χ2v) is 17.2. The Morgan fingerprint density at radius 3 is 1.65 bits per heavy atom. The van der Waals surface area contributed by atoms with Gasteiger partial charge in [-0.15, -0.1) is 0 Å². The molecule has 2 aliphatic rings. The van der Waals surface area contributed by atoms with Gasteiger partial charge in [0.25, 0.3) is 0 Å². The molecule has 0 saturated carbocycles. The molecule has 0 aromatic rings. The third-order valence-corrected chi connectivity index (χ3v) is 11.8. The Bertz CT molecular complexity index is 1190. The Morgan fingerprint density at radius 2 is 1.06 bits per heavy atom. The fourth-order valence-electron chi connectivity index (χ4n) is 7.78. The van der Waals surface area contributed by atoms with Gasteiger partial charge in [0.2, 0.25) is 5.91 Å². The Morgan fingerprint density at radius 1 is 0.565 bits per heavy atom. The van der Waals surface area contributed by atoms with Gasteiger partial charge in [-0.3, -0.25) is 4.79 Å². The number of rotatable bonds is 36. The highest BCUT2D eigenvalue weighted by molar-refractivity contribution is 5.76. The molecule has 9 N–H and O–H groups in total. The van der Waals surface area contributed by atoms with Gasteiger partial charge >= 0.3 is 0 Å². The van der Waals surface area contributed by atoms with Crippen LogP contribution in [0.15, 0.2) is 36.5 Å². The van der Waals surface area contributed by atoms with Crippen molar-refractivity contribution in [2.24, 2.45) is 0 Å². The molecule has 0 aromatic heterocycles. The standard InChI is InChI=1S/C48H87NO13/c1-3-5-7-9-11-12-13-14-15-16-17-18-19-20-21-22-23-24-26-28-30-32-40(53)49-36(37(52)31-29-27-25-10-8-6-4-2)35-59-47-45(58)43(56)46(39(34-51)61-47)62-48-44(57)42(55)41(54)38(33-50)60-48/h8,10,16-17,29,31,36-39,41-48,50-52,54-58H,3-7,9,11-15,18-28,30,32-35H2,1-2H3,(H,49,53)/b10-8+,17-16-,31-29+. The molecule has 0 aliphatic carbocycles. The van der Waals surface area contributed by atoms with E-state index >= 15 is 0 Å². The molecule has 2 saturated heterocycles. The van der Waals surface area contributed by atoms with E-state index in [9.17, 15) is 45.6 Å². The second-order valence-electron chi connectivity index (χ2n) is 17.2. The van der Waals surface area contributed by atoms with E-state index < -0.39 is 86.8 Å². The van der Waals surface area contributed by atoms with Crippen molar-refractivity contribution < 1.29 is 64.6 Å². The summed E-state index contributed by atoms with van der Waals surface area (Å²) < 4.78 is 22.6. The quantitative estimate of drug-likeness (QED) is 0.0279. The van der Waals surface area contributed by atoms with E-state index in [0.29, 0.717) is 12.8 Å². The number of carbonyl (C=O) groups is 1. The minimum Gasteiger partial charge on any atom is -0.394 e. The zero-order valence-corrected chi connectivity index (χ0v) is 38.1.